The number of hydrogen-bond donors (Lipinski definition) is 2. The van der Waals surface area contributed by atoms with Crippen molar-refractivity contribution >= 4 is 28.0 Å². The van der Waals surface area contributed by atoms with E-state index >= 15 is 0 Å². The molecule has 0 aliphatic carbocycles. The van der Waals surface area contributed by atoms with E-state index in [1.807, 2.05) is 31.1 Å². The van der Waals surface area contributed by atoms with Gasteiger partial charge in [0.2, 0.25) is 5.91 Å². The first-order valence-corrected chi connectivity index (χ1v) is 9.82. The summed E-state index contributed by atoms with van der Waals surface area (Å²) in [5.41, 5.74) is 1.72. The average Bonchev–Trinajstić information content (AvgIpc) is 2.80. The summed E-state index contributed by atoms with van der Waals surface area (Å²) in [6.45, 7) is 0.943. The number of anilines is 1. The Bertz CT molecular complexity index is 826. The van der Waals surface area contributed by atoms with Crippen LogP contribution in [0.15, 0.2) is 24.3 Å². The summed E-state index contributed by atoms with van der Waals surface area (Å²) in [5.74, 6) is -0.351. The number of rotatable bonds is 6. The molecule has 1 aromatic rings. The van der Waals surface area contributed by atoms with Crippen molar-refractivity contribution in [2.75, 3.05) is 26.0 Å². The minimum atomic E-state index is -4.80. The SMILES string of the molecule is CN(C)Cc1ccc(NC(=O)[C@@H]2CC[C@@H]3CN2C(=O)N3OS(=O)(=O)O)cc1. The maximum Gasteiger partial charge on any atom is 0.418 e. The Labute approximate surface area is 157 Å². The Balaban J connectivity index is 1.65. The molecule has 11 heteroatoms. The topological polar surface area (TPSA) is 119 Å². The lowest BCUT2D eigenvalue weighted by molar-refractivity contribution is -0.120. The van der Waals surface area contributed by atoms with E-state index in [-0.39, 0.29) is 12.5 Å². The number of urea groups is 1. The first kappa shape index (κ1) is 19.5. The molecule has 2 bridgehead atoms. The number of benzene rings is 1. The van der Waals surface area contributed by atoms with Crippen LogP contribution < -0.4 is 5.32 Å². The predicted molar refractivity (Wildman–Crippen MR) is 95.8 cm³/mol. The molecule has 2 heterocycles. The van der Waals surface area contributed by atoms with Crippen LogP contribution >= 0.6 is 0 Å². The van der Waals surface area contributed by atoms with Gasteiger partial charge in [0.1, 0.15) is 6.04 Å². The molecule has 1 aromatic carbocycles. The van der Waals surface area contributed by atoms with Crippen LogP contribution in [0.5, 0.6) is 0 Å². The second-order valence-electron chi connectivity index (χ2n) is 6.93. The van der Waals surface area contributed by atoms with E-state index in [1.165, 1.54) is 4.90 Å². The van der Waals surface area contributed by atoms with Gasteiger partial charge < -0.3 is 15.1 Å². The van der Waals surface area contributed by atoms with Crippen molar-refractivity contribution in [3.63, 3.8) is 0 Å². The molecule has 0 spiro atoms. The molecule has 2 saturated heterocycles. The van der Waals surface area contributed by atoms with Crippen LogP contribution in [-0.2, 0) is 26.0 Å². The molecule has 27 heavy (non-hydrogen) atoms. The highest BCUT2D eigenvalue weighted by Gasteiger charge is 2.49. The molecule has 3 rings (SSSR count). The number of piperidine rings is 1. The van der Waals surface area contributed by atoms with E-state index < -0.39 is 28.5 Å². The van der Waals surface area contributed by atoms with Gasteiger partial charge in [0.05, 0.1) is 6.04 Å². The van der Waals surface area contributed by atoms with E-state index in [1.54, 1.807) is 12.1 Å². The van der Waals surface area contributed by atoms with Gasteiger partial charge >= 0.3 is 16.4 Å². The molecule has 2 atom stereocenters. The summed E-state index contributed by atoms with van der Waals surface area (Å²) in [4.78, 5) is 28.3. The largest absolute Gasteiger partial charge is 0.418 e. The number of hydrogen-bond acceptors (Lipinski definition) is 6. The normalized spacial score (nSPS) is 22.4. The van der Waals surface area contributed by atoms with Crippen LogP contribution in [-0.4, -0.2) is 72.5 Å². The third kappa shape index (κ3) is 4.56. The molecule has 3 amide bonds. The molecule has 2 fully saturated rings. The van der Waals surface area contributed by atoms with Crippen molar-refractivity contribution < 1.29 is 26.8 Å². The number of carbonyl (C=O) groups is 2. The first-order valence-electron chi connectivity index (χ1n) is 8.45. The third-order valence-electron chi connectivity index (χ3n) is 4.52. The Kier molecular flexibility index (Phi) is 5.38. The summed E-state index contributed by atoms with van der Waals surface area (Å²) in [5, 5.41) is 3.41. The standard InChI is InChI=1S/C16H22N4O6S/c1-18(2)9-11-3-5-12(6-4-11)17-15(21)14-8-7-13-10-19(14)16(22)20(13)26-27(23,24)25/h3-6,13-14H,7-10H2,1-2H3,(H,17,21)(H,23,24,25)/t13-,14+/m1/s1. The minimum absolute atomic E-state index is 0.161. The quantitative estimate of drug-likeness (QED) is 0.677. The van der Waals surface area contributed by atoms with Crippen molar-refractivity contribution in [2.24, 2.45) is 0 Å². The number of nitrogens with one attached hydrogen (secondary N) is 1. The third-order valence-corrected chi connectivity index (χ3v) is 4.87. The molecule has 2 aliphatic rings. The van der Waals surface area contributed by atoms with Crippen LogP contribution in [0.1, 0.15) is 18.4 Å². The van der Waals surface area contributed by atoms with Gasteiger partial charge in [0.25, 0.3) is 0 Å². The van der Waals surface area contributed by atoms with Gasteiger partial charge in [-0.2, -0.15) is 13.5 Å². The fraction of sp³-hybridized carbons (Fsp3) is 0.500. The Hall–Kier alpha value is -2.21. The van der Waals surface area contributed by atoms with Crippen LogP contribution in [0.3, 0.4) is 0 Å². The monoisotopic (exact) mass is 398 g/mol. The molecule has 0 radical (unpaired) electrons. The smallest absolute Gasteiger partial charge is 0.324 e. The zero-order valence-corrected chi connectivity index (χ0v) is 15.8. The van der Waals surface area contributed by atoms with E-state index in [0.717, 1.165) is 12.1 Å². The zero-order chi connectivity index (χ0) is 19.8. The Morgan fingerprint density at radius 1 is 1.30 bits per heavy atom. The molecule has 10 nitrogen and oxygen atoms in total. The second-order valence-corrected chi connectivity index (χ2v) is 7.94. The van der Waals surface area contributed by atoms with Gasteiger partial charge in [-0.25, -0.2) is 4.79 Å². The maximum atomic E-state index is 12.6. The summed E-state index contributed by atoms with van der Waals surface area (Å²) in [6, 6.07) is 5.41. The first-order chi connectivity index (χ1) is 12.6. The summed E-state index contributed by atoms with van der Waals surface area (Å²) < 4.78 is 35.0. The van der Waals surface area contributed by atoms with E-state index in [4.69, 9.17) is 4.55 Å². The van der Waals surface area contributed by atoms with Gasteiger partial charge in [0, 0.05) is 18.8 Å². The van der Waals surface area contributed by atoms with E-state index in [9.17, 15) is 18.0 Å². The molecular weight excluding hydrogens is 376 g/mol. The van der Waals surface area contributed by atoms with Crippen molar-refractivity contribution in [3.8, 4) is 0 Å². The fourth-order valence-corrected chi connectivity index (χ4v) is 3.78. The molecule has 148 valence electrons. The zero-order valence-electron chi connectivity index (χ0n) is 15.0. The van der Waals surface area contributed by atoms with Crippen LogP contribution in [0, 0.1) is 0 Å². The highest BCUT2D eigenvalue weighted by Crippen LogP contribution is 2.31. The summed E-state index contributed by atoms with van der Waals surface area (Å²) >= 11 is 0. The maximum absolute atomic E-state index is 12.6. The highest BCUT2D eigenvalue weighted by molar-refractivity contribution is 7.80. The second kappa shape index (κ2) is 7.43. The molecular formula is C16H22N4O6S. The molecule has 2 aliphatic heterocycles. The van der Waals surface area contributed by atoms with E-state index in [0.29, 0.717) is 23.6 Å². The number of fused-ring (bicyclic) bond motifs is 2. The van der Waals surface area contributed by atoms with Crippen LogP contribution in [0.25, 0.3) is 0 Å². The Morgan fingerprint density at radius 3 is 2.56 bits per heavy atom. The van der Waals surface area contributed by atoms with Gasteiger partial charge in [-0.15, -0.1) is 4.28 Å². The molecule has 0 unspecified atom stereocenters. The lowest BCUT2D eigenvalue weighted by Crippen LogP contribution is -2.47. The van der Waals surface area contributed by atoms with Crippen LogP contribution in [0.4, 0.5) is 10.5 Å². The van der Waals surface area contributed by atoms with Gasteiger partial charge in [-0.1, -0.05) is 12.1 Å². The lowest BCUT2D eigenvalue weighted by Gasteiger charge is -2.29. The number of carbonyl (C=O) groups excluding carboxylic acids is 2. The summed E-state index contributed by atoms with van der Waals surface area (Å²) in [7, 11) is -0.871. The molecule has 0 saturated carbocycles. The Morgan fingerprint density at radius 2 is 1.96 bits per heavy atom. The van der Waals surface area contributed by atoms with Crippen molar-refractivity contribution in [1.29, 1.82) is 0 Å². The number of hydroxylamine groups is 2. The minimum Gasteiger partial charge on any atom is -0.324 e. The molecule has 0 aromatic heterocycles. The van der Waals surface area contributed by atoms with Crippen molar-refractivity contribution in [1.82, 2.24) is 14.9 Å². The molecule has 2 N–H and O–H groups in total. The highest BCUT2D eigenvalue weighted by atomic mass is 32.3. The fourth-order valence-electron chi connectivity index (χ4n) is 3.39. The van der Waals surface area contributed by atoms with Gasteiger partial charge in [-0.05, 0) is 44.6 Å². The van der Waals surface area contributed by atoms with Crippen molar-refractivity contribution in [2.45, 2.75) is 31.5 Å². The van der Waals surface area contributed by atoms with Gasteiger partial charge in [0.15, 0.2) is 0 Å². The average molecular weight is 398 g/mol. The van der Waals surface area contributed by atoms with Crippen LogP contribution in [0.2, 0.25) is 0 Å². The predicted octanol–water partition coefficient (Wildman–Crippen LogP) is 0.690. The van der Waals surface area contributed by atoms with Gasteiger partial charge in [-0.3, -0.25) is 9.35 Å². The van der Waals surface area contributed by atoms with E-state index in [2.05, 4.69) is 9.60 Å². The number of nitrogens with zero attached hydrogens (tertiary/aromatic N) is 3. The lowest BCUT2D eigenvalue weighted by atomic mass is 10.00. The van der Waals surface area contributed by atoms with Crippen molar-refractivity contribution in [3.05, 3.63) is 29.8 Å². The number of amides is 3. The summed E-state index contributed by atoms with van der Waals surface area (Å²) in [6.07, 6.45) is 0.754.